The largest absolute Gasteiger partial charge is 0.547 e. The molecule has 0 aliphatic carbocycles. The third-order valence-electron chi connectivity index (χ3n) is 2.54. The third kappa shape index (κ3) is 9.46. The Morgan fingerprint density at radius 1 is 1.06 bits per heavy atom. The number of hydrogen-bond acceptors (Lipinski definition) is 1. The lowest BCUT2D eigenvalue weighted by molar-refractivity contribution is 0.286. The van der Waals surface area contributed by atoms with E-state index >= 15 is 0 Å². The Hall–Kier alpha value is -0.243. The van der Waals surface area contributed by atoms with Crippen molar-refractivity contribution in [3.8, 4) is 0 Å². The van der Waals surface area contributed by atoms with E-state index in [4.69, 9.17) is 4.43 Å². The molecule has 0 fully saturated rings. The predicted molar refractivity (Wildman–Crippen MR) is 80.7 cm³/mol. The van der Waals surface area contributed by atoms with Gasteiger partial charge in [0.15, 0.2) is 0 Å². The van der Waals surface area contributed by atoms with E-state index in [1.165, 1.54) is 31.4 Å². The van der Waals surface area contributed by atoms with Crippen LogP contribution >= 0.6 is 0 Å². The van der Waals surface area contributed by atoms with E-state index in [-0.39, 0.29) is 5.41 Å². The highest BCUT2D eigenvalue weighted by molar-refractivity contribution is 6.70. The maximum Gasteiger partial charge on any atom is 0.241 e. The summed E-state index contributed by atoms with van der Waals surface area (Å²) in [5, 5.41) is 0. The Labute approximate surface area is 110 Å². The van der Waals surface area contributed by atoms with Gasteiger partial charge in [0.1, 0.15) is 0 Å². The van der Waals surface area contributed by atoms with E-state index in [1.54, 1.807) is 0 Å². The molecule has 2 heteroatoms. The zero-order valence-corrected chi connectivity index (χ0v) is 14.0. The summed E-state index contributed by atoms with van der Waals surface area (Å²) in [7, 11) is -1.47. The first-order chi connectivity index (χ1) is 7.67. The Balaban J connectivity index is 4.34. The summed E-state index contributed by atoms with van der Waals surface area (Å²) in [6.45, 7) is 15.7. The fourth-order valence-corrected chi connectivity index (χ4v) is 2.68. The predicted octanol–water partition coefficient (Wildman–Crippen LogP) is 5.74. The first kappa shape index (κ1) is 16.8. The van der Waals surface area contributed by atoms with Crippen molar-refractivity contribution >= 4 is 8.32 Å². The molecule has 0 rings (SSSR count). The first-order valence-electron chi connectivity index (χ1n) is 7.06. The summed E-state index contributed by atoms with van der Waals surface area (Å²) >= 11 is 0. The SMILES string of the molecule is CCCCCC/C=C(\O[Si](C)(C)C)C(C)(C)C. The Bertz CT molecular complexity index is 230. The molecule has 0 unspecified atom stereocenters. The minimum absolute atomic E-state index is 0.144. The molecule has 0 amide bonds. The normalized spacial score (nSPS) is 13.9. The molecule has 1 nitrogen and oxygen atoms in total. The van der Waals surface area contributed by atoms with Crippen molar-refractivity contribution in [1.29, 1.82) is 0 Å². The van der Waals surface area contributed by atoms with Crippen molar-refractivity contribution in [2.45, 2.75) is 79.4 Å². The van der Waals surface area contributed by atoms with Gasteiger partial charge in [0, 0.05) is 5.41 Å². The highest BCUT2D eigenvalue weighted by Gasteiger charge is 2.25. The third-order valence-corrected chi connectivity index (χ3v) is 3.38. The molecule has 0 radical (unpaired) electrons. The molecule has 0 aliphatic rings. The van der Waals surface area contributed by atoms with E-state index in [9.17, 15) is 0 Å². The van der Waals surface area contributed by atoms with Crippen molar-refractivity contribution in [3.63, 3.8) is 0 Å². The van der Waals surface area contributed by atoms with Crippen molar-refractivity contribution in [2.75, 3.05) is 0 Å². The van der Waals surface area contributed by atoms with Gasteiger partial charge < -0.3 is 4.43 Å². The minimum atomic E-state index is -1.47. The van der Waals surface area contributed by atoms with Crippen LogP contribution in [0.25, 0.3) is 0 Å². The quantitative estimate of drug-likeness (QED) is 0.321. The maximum absolute atomic E-state index is 6.21. The molecule has 102 valence electrons. The molecule has 0 bridgehead atoms. The molecule has 0 aliphatic heterocycles. The highest BCUT2D eigenvalue weighted by atomic mass is 28.4. The van der Waals surface area contributed by atoms with Crippen LogP contribution in [0.3, 0.4) is 0 Å². The van der Waals surface area contributed by atoms with E-state index in [2.05, 4.69) is 53.4 Å². The van der Waals surface area contributed by atoms with E-state index in [0.717, 1.165) is 6.42 Å². The lowest BCUT2D eigenvalue weighted by Crippen LogP contribution is -2.29. The summed E-state index contributed by atoms with van der Waals surface area (Å²) in [5.41, 5.74) is 0.144. The molecular formula is C15H32OSi. The van der Waals surface area contributed by atoms with Crippen molar-refractivity contribution < 1.29 is 4.43 Å². The standard InChI is InChI=1S/C15H32OSi/c1-8-9-10-11-12-13-14(15(2,3)4)16-17(5,6)7/h13H,8-12H2,1-7H3/b14-13-. The molecule has 0 spiro atoms. The average molecular weight is 257 g/mol. The summed E-state index contributed by atoms with van der Waals surface area (Å²) in [6.07, 6.45) is 8.79. The van der Waals surface area contributed by atoms with E-state index in [1.807, 2.05) is 0 Å². The molecular weight excluding hydrogens is 224 g/mol. The maximum atomic E-state index is 6.21. The van der Waals surface area contributed by atoms with Gasteiger partial charge >= 0.3 is 0 Å². The highest BCUT2D eigenvalue weighted by Crippen LogP contribution is 2.29. The van der Waals surface area contributed by atoms with Gasteiger partial charge in [-0.25, -0.2) is 0 Å². The number of rotatable bonds is 7. The Morgan fingerprint density at radius 2 is 1.65 bits per heavy atom. The zero-order valence-electron chi connectivity index (χ0n) is 13.0. The zero-order chi connectivity index (χ0) is 13.5. The molecule has 0 aromatic carbocycles. The van der Waals surface area contributed by atoms with Gasteiger partial charge in [-0.2, -0.15) is 0 Å². The Morgan fingerprint density at radius 3 is 2.06 bits per heavy atom. The molecule has 0 aromatic heterocycles. The van der Waals surface area contributed by atoms with Crippen LogP contribution in [0.1, 0.15) is 59.8 Å². The van der Waals surface area contributed by atoms with Crippen LogP contribution < -0.4 is 0 Å². The fourth-order valence-electron chi connectivity index (χ4n) is 1.64. The van der Waals surface area contributed by atoms with Crippen LogP contribution in [0.4, 0.5) is 0 Å². The van der Waals surface area contributed by atoms with Gasteiger partial charge in [0.25, 0.3) is 0 Å². The van der Waals surface area contributed by atoms with Gasteiger partial charge in [-0.15, -0.1) is 0 Å². The fraction of sp³-hybridized carbons (Fsp3) is 0.867. The lowest BCUT2D eigenvalue weighted by atomic mass is 9.93. The van der Waals surface area contributed by atoms with Gasteiger partial charge in [-0.05, 0) is 38.6 Å². The van der Waals surface area contributed by atoms with Gasteiger partial charge in [0.05, 0.1) is 5.76 Å². The van der Waals surface area contributed by atoms with Crippen LogP contribution in [-0.4, -0.2) is 8.32 Å². The van der Waals surface area contributed by atoms with Gasteiger partial charge in [-0.3, -0.25) is 0 Å². The van der Waals surface area contributed by atoms with Gasteiger partial charge in [-0.1, -0.05) is 47.0 Å². The van der Waals surface area contributed by atoms with Crippen LogP contribution in [0, 0.1) is 5.41 Å². The Kier molecular flexibility index (Phi) is 7.15. The van der Waals surface area contributed by atoms with Crippen LogP contribution in [0.2, 0.25) is 19.6 Å². The van der Waals surface area contributed by atoms with Crippen molar-refractivity contribution in [3.05, 3.63) is 11.8 Å². The van der Waals surface area contributed by atoms with Gasteiger partial charge in [0.2, 0.25) is 8.32 Å². The minimum Gasteiger partial charge on any atom is -0.547 e. The average Bonchev–Trinajstić information content (AvgIpc) is 2.12. The number of allylic oxidation sites excluding steroid dienone is 2. The topological polar surface area (TPSA) is 9.23 Å². The van der Waals surface area contributed by atoms with Crippen LogP contribution in [0.15, 0.2) is 11.8 Å². The second-order valence-corrected chi connectivity index (χ2v) is 11.3. The van der Waals surface area contributed by atoms with E-state index < -0.39 is 8.32 Å². The van der Waals surface area contributed by atoms with Crippen molar-refractivity contribution in [2.24, 2.45) is 5.41 Å². The van der Waals surface area contributed by atoms with Crippen molar-refractivity contribution in [1.82, 2.24) is 0 Å². The van der Waals surface area contributed by atoms with Crippen LogP contribution in [0.5, 0.6) is 0 Å². The van der Waals surface area contributed by atoms with Crippen LogP contribution in [-0.2, 0) is 4.43 Å². The molecule has 0 saturated heterocycles. The summed E-state index contributed by atoms with van der Waals surface area (Å²) < 4.78 is 6.21. The second kappa shape index (κ2) is 7.25. The number of unbranched alkanes of at least 4 members (excludes halogenated alkanes) is 4. The monoisotopic (exact) mass is 256 g/mol. The second-order valence-electron chi connectivity index (χ2n) is 6.88. The van der Waals surface area contributed by atoms with E-state index in [0.29, 0.717) is 0 Å². The number of hydrogen-bond donors (Lipinski definition) is 0. The summed E-state index contributed by atoms with van der Waals surface area (Å²) in [6, 6.07) is 0. The summed E-state index contributed by atoms with van der Waals surface area (Å²) in [5.74, 6) is 1.20. The molecule has 17 heavy (non-hydrogen) atoms. The molecule has 0 N–H and O–H groups in total. The molecule has 0 heterocycles. The lowest BCUT2D eigenvalue weighted by Gasteiger charge is -2.30. The molecule has 0 saturated carbocycles. The molecule has 0 atom stereocenters. The summed E-state index contributed by atoms with van der Waals surface area (Å²) in [4.78, 5) is 0. The smallest absolute Gasteiger partial charge is 0.241 e. The first-order valence-corrected chi connectivity index (χ1v) is 10.5. The molecule has 0 aromatic rings.